The Bertz CT molecular complexity index is 368. The van der Waals surface area contributed by atoms with E-state index >= 15 is 0 Å². The highest BCUT2D eigenvalue weighted by Crippen LogP contribution is 2.35. The molecule has 0 bridgehead atoms. The van der Waals surface area contributed by atoms with Gasteiger partial charge in [0.2, 0.25) is 0 Å². The first-order chi connectivity index (χ1) is 7.22. The van der Waals surface area contributed by atoms with Gasteiger partial charge in [0.05, 0.1) is 0 Å². The molecule has 4 heteroatoms. The second kappa shape index (κ2) is 5.55. The molecule has 0 amide bonds. The number of halogens is 1. The maximum absolute atomic E-state index is 9.69. The van der Waals surface area contributed by atoms with Crippen LogP contribution in [0.15, 0.2) is 12.1 Å². The lowest BCUT2D eigenvalue weighted by molar-refractivity contribution is 0.389. The summed E-state index contributed by atoms with van der Waals surface area (Å²) in [5.74, 6) is 0.0677. The Morgan fingerprint density at radius 2 is 2.12 bits per heavy atom. The van der Waals surface area contributed by atoms with E-state index in [9.17, 15) is 10.2 Å². The Morgan fingerprint density at radius 3 is 2.81 bits per heavy atom. The zero-order valence-corrected chi connectivity index (χ0v) is 11.1. The zero-order valence-electron chi connectivity index (χ0n) is 9.36. The van der Waals surface area contributed by atoms with E-state index in [2.05, 4.69) is 12.2 Å². The normalized spacial score (nSPS) is 18.7. The van der Waals surface area contributed by atoms with Crippen LogP contribution in [0.5, 0.6) is 11.5 Å². The second-order valence-corrected chi connectivity index (χ2v) is 4.07. The van der Waals surface area contributed by atoms with Gasteiger partial charge in [-0.15, -0.1) is 17.0 Å². The molecule has 0 fully saturated rings. The third-order valence-corrected chi connectivity index (χ3v) is 3.06. The Kier molecular flexibility index (Phi) is 4.62. The molecular weight excluding hydrogens is 270 g/mol. The van der Waals surface area contributed by atoms with E-state index in [0.29, 0.717) is 6.04 Å². The third-order valence-electron chi connectivity index (χ3n) is 3.06. The van der Waals surface area contributed by atoms with Crippen LogP contribution in [0.25, 0.3) is 0 Å². The van der Waals surface area contributed by atoms with E-state index in [-0.39, 0.29) is 28.5 Å². The van der Waals surface area contributed by atoms with Crippen LogP contribution in [0.3, 0.4) is 0 Å². The standard InChI is InChI=1S/C12H17NO2.BrH/c1-2-13-9-4-5-10-8(7-9)3-6-11(14)12(10)15;/h3,6,9,13-15H,2,4-5,7H2,1H3;1H. The van der Waals surface area contributed by atoms with Crippen molar-refractivity contribution in [3.8, 4) is 11.5 Å². The molecular formula is C12H18BrNO2. The molecule has 0 saturated heterocycles. The lowest BCUT2D eigenvalue weighted by Gasteiger charge is -2.25. The van der Waals surface area contributed by atoms with E-state index in [4.69, 9.17) is 0 Å². The van der Waals surface area contributed by atoms with Gasteiger partial charge >= 0.3 is 0 Å². The van der Waals surface area contributed by atoms with Crippen molar-refractivity contribution in [1.29, 1.82) is 0 Å². The van der Waals surface area contributed by atoms with Gasteiger partial charge in [-0.25, -0.2) is 0 Å². The van der Waals surface area contributed by atoms with Crippen LogP contribution in [-0.4, -0.2) is 22.8 Å². The summed E-state index contributed by atoms with van der Waals surface area (Å²) in [5, 5.41) is 22.5. The largest absolute Gasteiger partial charge is 0.504 e. The van der Waals surface area contributed by atoms with E-state index < -0.39 is 0 Å². The first-order valence-electron chi connectivity index (χ1n) is 5.48. The van der Waals surface area contributed by atoms with E-state index in [1.165, 1.54) is 0 Å². The molecule has 3 N–H and O–H groups in total. The van der Waals surface area contributed by atoms with E-state index in [1.807, 2.05) is 6.07 Å². The highest BCUT2D eigenvalue weighted by Gasteiger charge is 2.21. The van der Waals surface area contributed by atoms with Gasteiger partial charge in [0, 0.05) is 11.6 Å². The summed E-state index contributed by atoms with van der Waals surface area (Å²) < 4.78 is 0. The minimum atomic E-state index is -0.00403. The lowest BCUT2D eigenvalue weighted by atomic mass is 9.87. The number of phenols is 2. The van der Waals surface area contributed by atoms with Crippen LogP contribution in [0.2, 0.25) is 0 Å². The SMILES string of the molecule is Br.CCNC1CCc2c(ccc(O)c2O)C1. The molecule has 1 atom stereocenters. The van der Waals surface area contributed by atoms with Gasteiger partial charge in [0.15, 0.2) is 11.5 Å². The molecule has 0 radical (unpaired) electrons. The molecule has 1 unspecified atom stereocenters. The molecule has 1 aromatic rings. The molecule has 1 aliphatic carbocycles. The fraction of sp³-hybridized carbons (Fsp3) is 0.500. The molecule has 90 valence electrons. The van der Waals surface area contributed by atoms with Crippen LogP contribution in [0, 0.1) is 0 Å². The van der Waals surface area contributed by atoms with Crippen molar-refractivity contribution < 1.29 is 10.2 Å². The maximum atomic E-state index is 9.69. The first-order valence-corrected chi connectivity index (χ1v) is 5.48. The molecule has 16 heavy (non-hydrogen) atoms. The molecule has 2 rings (SSSR count). The molecule has 0 spiro atoms. The average Bonchev–Trinajstić information content (AvgIpc) is 2.24. The third kappa shape index (κ3) is 2.50. The minimum Gasteiger partial charge on any atom is -0.504 e. The number of likely N-dealkylation sites (N-methyl/N-ethyl adjacent to an activating group) is 1. The highest BCUT2D eigenvalue weighted by molar-refractivity contribution is 8.93. The quantitative estimate of drug-likeness (QED) is 0.731. The van der Waals surface area contributed by atoms with Gasteiger partial charge in [-0.05, 0) is 37.4 Å². The van der Waals surface area contributed by atoms with Crippen LogP contribution >= 0.6 is 17.0 Å². The monoisotopic (exact) mass is 287 g/mol. The Hall–Kier alpha value is -0.740. The topological polar surface area (TPSA) is 52.5 Å². The Balaban J connectivity index is 0.00000128. The molecule has 0 aliphatic heterocycles. The van der Waals surface area contributed by atoms with Crippen molar-refractivity contribution in [2.45, 2.75) is 32.2 Å². The number of nitrogens with one attached hydrogen (secondary N) is 1. The number of phenolic OH excluding ortho intramolecular Hbond substituents is 2. The smallest absolute Gasteiger partial charge is 0.160 e. The number of rotatable bonds is 2. The molecule has 3 nitrogen and oxygen atoms in total. The van der Waals surface area contributed by atoms with Crippen molar-refractivity contribution in [1.82, 2.24) is 5.32 Å². The molecule has 1 aromatic carbocycles. The predicted molar refractivity (Wildman–Crippen MR) is 69.6 cm³/mol. The summed E-state index contributed by atoms with van der Waals surface area (Å²) in [6.45, 7) is 3.08. The van der Waals surface area contributed by atoms with Crippen molar-refractivity contribution in [2.24, 2.45) is 0 Å². The van der Waals surface area contributed by atoms with Crippen LogP contribution in [0.4, 0.5) is 0 Å². The van der Waals surface area contributed by atoms with Gasteiger partial charge in [-0.1, -0.05) is 13.0 Å². The van der Waals surface area contributed by atoms with Crippen LogP contribution < -0.4 is 5.32 Å². The summed E-state index contributed by atoms with van der Waals surface area (Å²) in [6, 6.07) is 3.99. The van der Waals surface area contributed by atoms with Gasteiger partial charge in [-0.3, -0.25) is 0 Å². The first kappa shape index (κ1) is 13.3. The summed E-state index contributed by atoms with van der Waals surface area (Å²) in [6.07, 6.45) is 2.81. The highest BCUT2D eigenvalue weighted by atomic mass is 79.9. The predicted octanol–water partition coefficient (Wildman–Crippen LogP) is 2.14. The summed E-state index contributed by atoms with van der Waals surface area (Å²) >= 11 is 0. The number of aromatic hydroxyl groups is 2. The molecule has 0 saturated carbocycles. The van der Waals surface area contributed by atoms with Crippen molar-refractivity contribution in [3.05, 3.63) is 23.3 Å². The van der Waals surface area contributed by atoms with Crippen LogP contribution in [-0.2, 0) is 12.8 Å². The van der Waals surface area contributed by atoms with Gasteiger partial charge in [0.1, 0.15) is 0 Å². The maximum Gasteiger partial charge on any atom is 0.160 e. The van der Waals surface area contributed by atoms with E-state index in [1.54, 1.807) is 6.07 Å². The van der Waals surface area contributed by atoms with Crippen molar-refractivity contribution in [3.63, 3.8) is 0 Å². The number of hydrogen-bond acceptors (Lipinski definition) is 3. The van der Waals surface area contributed by atoms with Crippen molar-refractivity contribution >= 4 is 17.0 Å². The van der Waals surface area contributed by atoms with Gasteiger partial charge in [0.25, 0.3) is 0 Å². The number of benzene rings is 1. The fourth-order valence-corrected chi connectivity index (χ4v) is 2.28. The average molecular weight is 288 g/mol. The summed E-state index contributed by atoms with van der Waals surface area (Å²) in [7, 11) is 0. The summed E-state index contributed by atoms with van der Waals surface area (Å²) in [5.41, 5.74) is 2.08. The Morgan fingerprint density at radius 1 is 1.38 bits per heavy atom. The second-order valence-electron chi connectivity index (χ2n) is 4.07. The zero-order chi connectivity index (χ0) is 10.8. The van der Waals surface area contributed by atoms with Crippen LogP contribution in [0.1, 0.15) is 24.5 Å². The molecule has 0 aromatic heterocycles. The Labute approximate surface area is 106 Å². The van der Waals surface area contributed by atoms with Crippen molar-refractivity contribution in [2.75, 3.05) is 6.54 Å². The van der Waals surface area contributed by atoms with E-state index in [0.717, 1.165) is 36.9 Å². The fourth-order valence-electron chi connectivity index (χ4n) is 2.28. The number of hydrogen-bond donors (Lipinski definition) is 3. The molecule has 0 heterocycles. The number of fused-ring (bicyclic) bond motifs is 1. The van der Waals surface area contributed by atoms with Gasteiger partial charge in [-0.2, -0.15) is 0 Å². The lowest BCUT2D eigenvalue weighted by Crippen LogP contribution is -2.34. The van der Waals surface area contributed by atoms with Gasteiger partial charge < -0.3 is 15.5 Å². The summed E-state index contributed by atoms with van der Waals surface area (Å²) in [4.78, 5) is 0. The minimum absolute atomic E-state index is 0. The molecule has 1 aliphatic rings.